The van der Waals surface area contributed by atoms with Gasteiger partial charge in [0, 0.05) is 11.8 Å². The lowest BCUT2D eigenvalue weighted by Gasteiger charge is -2.31. The Balaban J connectivity index is 2.12. The van der Waals surface area contributed by atoms with Crippen molar-refractivity contribution in [3.8, 4) is 0 Å². The van der Waals surface area contributed by atoms with Crippen molar-refractivity contribution in [2.75, 3.05) is 11.9 Å². The molecule has 2 aromatic rings. The van der Waals surface area contributed by atoms with E-state index in [-0.39, 0.29) is 5.69 Å². The van der Waals surface area contributed by atoms with Crippen LogP contribution < -0.4 is 10.6 Å². The Hall–Kier alpha value is -3.54. The minimum Gasteiger partial charge on any atom is -0.375 e. The van der Waals surface area contributed by atoms with Gasteiger partial charge in [0.15, 0.2) is 0 Å². The van der Waals surface area contributed by atoms with Gasteiger partial charge >= 0.3 is 23.7 Å². The van der Waals surface area contributed by atoms with Gasteiger partial charge in [-0.05, 0) is 17.7 Å². The number of alkyl halides is 3. The first-order chi connectivity index (χ1) is 13.5. The van der Waals surface area contributed by atoms with Crippen LogP contribution in [0.3, 0.4) is 0 Å². The molecule has 3 N–H and O–H groups in total. The maximum Gasteiger partial charge on any atom is 0.423 e. The highest BCUT2D eigenvalue weighted by Gasteiger charge is 2.55. The van der Waals surface area contributed by atoms with Gasteiger partial charge in [-0.1, -0.05) is 30.3 Å². The van der Waals surface area contributed by atoms with E-state index in [1.54, 1.807) is 5.32 Å². The van der Waals surface area contributed by atoms with E-state index >= 15 is 0 Å². The van der Waals surface area contributed by atoms with Crippen LogP contribution >= 0.6 is 0 Å². The fourth-order valence-corrected chi connectivity index (χ4v) is 2.29. The lowest BCUT2D eigenvalue weighted by molar-refractivity contribution is -0.387. The molecule has 154 valence electrons. The van der Waals surface area contributed by atoms with Gasteiger partial charge in [0.2, 0.25) is 11.4 Å². The SMILES string of the molecule is O=C(NCC(O)(c1ccccc1)C(F)(F)F)C(=O)Nc1ccc(F)c([N+](=O)[O-])c1. The predicted molar refractivity (Wildman–Crippen MR) is 91.1 cm³/mol. The second kappa shape index (κ2) is 8.22. The zero-order valence-corrected chi connectivity index (χ0v) is 14.4. The van der Waals surface area contributed by atoms with Crippen molar-refractivity contribution in [1.82, 2.24) is 5.32 Å². The van der Waals surface area contributed by atoms with Crippen molar-refractivity contribution in [3.63, 3.8) is 0 Å². The molecule has 1 unspecified atom stereocenters. The second-order valence-electron chi connectivity index (χ2n) is 5.78. The molecule has 1 atom stereocenters. The standard InChI is InChI=1S/C17H13F4N3O5/c18-12-7-6-11(8-13(12)24(28)29)23-15(26)14(25)22-9-16(27,17(19,20)21)10-4-2-1-3-5-10/h1-8,27H,9H2,(H,22,25)(H,23,26). The molecule has 2 aromatic carbocycles. The predicted octanol–water partition coefficient (Wildman–Crippen LogP) is 2.24. The Kier molecular flexibility index (Phi) is 6.17. The third-order valence-electron chi connectivity index (χ3n) is 3.83. The van der Waals surface area contributed by atoms with E-state index < -0.39 is 52.1 Å². The molecular formula is C17H13F4N3O5. The number of nitrogens with zero attached hydrogens (tertiary/aromatic N) is 1. The summed E-state index contributed by atoms with van der Waals surface area (Å²) in [5, 5.41) is 24.3. The molecule has 12 heteroatoms. The molecule has 0 bridgehead atoms. The summed E-state index contributed by atoms with van der Waals surface area (Å²) in [6, 6.07) is 8.15. The number of benzene rings is 2. The quantitative estimate of drug-likeness (QED) is 0.299. The van der Waals surface area contributed by atoms with Crippen LogP contribution in [0, 0.1) is 15.9 Å². The molecule has 0 saturated carbocycles. The number of nitrogens with one attached hydrogen (secondary N) is 2. The minimum absolute atomic E-state index is 0.326. The third kappa shape index (κ3) is 4.85. The van der Waals surface area contributed by atoms with Gasteiger partial charge in [0.25, 0.3) is 0 Å². The monoisotopic (exact) mass is 415 g/mol. The van der Waals surface area contributed by atoms with Gasteiger partial charge < -0.3 is 15.7 Å². The van der Waals surface area contributed by atoms with E-state index in [4.69, 9.17) is 0 Å². The van der Waals surface area contributed by atoms with Gasteiger partial charge in [-0.15, -0.1) is 0 Å². The van der Waals surface area contributed by atoms with Gasteiger partial charge in [0.1, 0.15) is 0 Å². The largest absolute Gasteiger partial charge is 0.423 e. The molecule has 0 aliphatic heterocycles. The van der Waals surface area contributed by atoms with Crippen molar-refractivity contribution in [1.29, 1.82) is 0 Å². The summed E-state index contributed by atoms with van der Waals surface area (Å²) in [5.74, 6) is -4.20. The number of anilines is 1. The smallest absolute Gasteiger partial charge is 0.375 e. The van der Waals surface area contributed by atoms with Crippen LogP contribution in [-0.4, -0.2) is 34.6 Å². The van der Waals surface area contributed by atoms with Crippen LogP contribution in [0.1, 0.15) is 5.56 Å². The molecular weight excluding hydrogens is 402 g/mol. The fourth-order valence-electron chi connectivity index (χ4n) is 2.29. The summed E-state index contributed by atoms with van der Waals surface area (Å²) in [5.41, 5.74) is -5.31. The Morgan fingerprint density at radius 3 is 2.24 bits per heavy atom. The number of amides is 2. The summed E-state index contributed by atoms with van der Waals surface area (Å²) in [7, 11) is 0. The van der Waals surface area contributed by atoms with Crippen molar-refractivity contribution >= 4 is 23.2 Å². The van der Waals surface area contributed by atoms with Crippen LogP contribution in [0.25, 0.3) is 0 Å². The summed E-state index contributed by atoms with van der Waals surface area (Å²) < 4.78 is 53.3. The number of aliphatic hydroxyl groups is 1. The Bertz CT molecular complexity index is 936. The molecule has 8 nitrogen and oxygen atoms in total. The molecule has 0 radical (unpaired) electrons. The van der Waals surface area contributed by atoms with E-state index in [1.807, 2.05) is 5.32 Å². The van der Waals surface area contributed by atoms with Crippen LogP contribution in [0.5, 0.6) is 0 Å². The average Bonchev–Trinajstić information content (AvgIpc) is 2.66. The number of carbonyl (C=O) groups excluding carboxylic acids is 2. The summed E-state index contributed by atoms with van der Waals surface area (Å²) in [6.45, 7) is -1.36. The molecule has 0 saturated heterocycles. The molecule has 0 fully saturated rings. The Morgan fingerprint density at radius 1 is 1.07 bits per heavy atom. The van der Waals surface area contributed by atoms with Gasteiger partial charge in [-0.3, -0.25) is 19.7 Å². The summed E-state index contributed by atoms with van der Waals surface area (Å²) >= 11 is 0. The maximum absolute atomic E-state index is 13.3. The molecule has 0 aromatic heterocycles. The number of nitro groups is 1. The molecule has 0 spiro atoms. The first-order valence-electron chi connectivity index (χ1n) is 7.83. The third-order valence-corrected chi connectivity index (χ3v) is 3.83. The van der Waals surface area contributed by atoms with Crippen molar-refractivity contribution in [2.45, 2.75) is 11.8 Å². The molecule has 0 aliphatic rings. The maximum atomic E-state index is 13.3. The summed E-state index contributed by atoms with van der Waals surface area (Å²) in [6.07, 6.45) is -5.17. The van der Waals surface area contributed by atoms with Crippen LogP contribution in [0.2, 0.25) is 0 Å². The van der Waals surface area contributed by atoms with Gasteiger partial charge in [-0.25, -0.2) is 0 Å². The van der Waals surface area contributed by atoms with Gasteiger partial charge in [-0.2, -0.15) is 17.6 Å². The zero-order chi connectivity index (χ0) is 21.8. The summed E-state index contributed by atoms with van der Waals surface area (Å²) in [4.78, 5) is 33.3. The zero-order valence-electron chi connectivity index (χ0n) is 14.4. The van der Waals surface area contributed by atoms with Gasteiger partial charge in [0.05, 0.1) is 11.5 Å². The number of rotatable bonds is 5. The second-order valence-corrected chi connectivity index (χ2v) is 5.78. The van der Waals surface area contributed by atoms with E-state index in [0.717, 1.165) is 18.2 Å². The highest BCUT2D eigenvalue weighted by molar-refractivity contribution is 6.39. The number of halogens is 4. The number of carbonyl (C=O) groups is 2. The highest BCUT2D eigenvalue weighted by atomic mass is 19.4. The first-order valence-corrected chi connectivity index (χ1v) is 7.83. The van der Waals surface area contributed by atoms with Crippen molar-refractivity contribution < 1.29 is 37.2 Å². The molecule has 0 heterocycles. The molecule has 2 rings (SSSR count). The molecule has 2 amide bonds. The topological polar surface area (TPSA) is 122 Å². The lowest BCUT2D eigenvalue weighted by atomic mass is 9.93. The minimum atomic E-state index is -5.17. The normalized spacial score (nSPS) is 13.3. The lowest BCUT2D eigenvalue weighted by Crippen LogP contribution is -2.52. The van der Waals surface area contributed by atoms with E-state index in [9.17, 15) is 42.4 Å². The number of hydrogen-bond donors (Lipinski definition) is 3. The van der Waals surface area contributed by atoms with Crippen LogP contribution in [-0.2, 0) is 15.2 Å². The first kappa shape index (κ1) is 21.8. The van der Waals surface area contributed by atoms with E-state index in [0.29, 0.717) is 12.1 Å². The fraction of sp³-hybridized carbons (Fsp3) is 0.176. The Labute approximate surface area is 160 Å². The Morgan fingerprint density at radius 2 is 1.69 bits per heavy atom. The molecule has 0 aliphatic carbocycles. The van der Waals surface area contributed by atoms with E-state index in [2.05, 4.69) is 0 Å². The van der Waals surface area contributed by atoms with Crippen molar-refractivity contribution in [3.05, 3.63) is 70.0 Å². The van der Waals surface area contributed by atoms with E-state index in [1.165, 1.54) is 18.2 Å². The van der Waals surface area contributed by atoms with Crippen LogP contribution in [0.15, 0.2) is 48.5 Å². The van der Waals surface area contributed by atoms with Crippen LogP contribution in [0.4, 0.5) is 28.9 Å². The van der Waals surface area contributed by atoms with Crippen molar-refractivity contribution in [2.24, 2.45) is 0 Å². The number of hydrogen-bond acceptors (Lipinski definition) is 5. The average molecular weight is 415 g/mol. The molecule has 29 heavy (non-hydrogen) atoms. The number of nitro benzene ring substituents is 1. The highest BCUT2D eigenvalue weighted by Crippen LogP contribution is 2.38.